The van der Waals surface area contributed by atoms with E-state index in [9.17, 15) is 4.79 Å². The average molecular weight is 186 g/mol. The van der Waals surface area contributed by atoms with E-state index in [-0.39, 0.29) is 6.03 Å². The molecule has 0 aromatic rings. The molecule has 2 saturated heterocycles. The second kappa shape index (κ2) is 1.82. The van der Waals surface area contributed by atoms with Crippen molar-refractivity contribution in [3.05, 3.63) is 0 Å². The molecule has 5 nitrogen and oxygen atoms in total. The minimum Gasteiger partial charge on any atom is -0.337 e. The van der Waals surface area contributed by atoms with E-state index in [0.717, 1.165) is 0 Å². The number of carbonyl (C=O) groups is 1. The Morgan fingerprint density at radius 1 is 1.08 bits per heavy atom. The minimum absolute atomic E-state index is 0.192. The first kappa shape index (κ1) is 7.60. The first-order valence-electron chi connectivity index (χ1n) is 3.66. The van der Waals surface area contributed by atoms with E-state index in [4.69, 9.17) is 12.2 Å². The maximum absolute atomic E-state index is 11.0. The molecule has 0 aromatic carbocycles. The van der Waals surface area contributed by atoms with Gasteiger partial charge >= 0.3 is 6.03 Å². The van der Waals surface area contributed by atoms with E-state index in [1.807, 2.05) is 13.8 Å². The van der Waals surface area contributed by atoms with Crippen LogP contribution in [0.4, 0.5) is 4.79 Å². The van der Waals surface area contributed by atoms with E-state index in [2.05, 4.69) is 21.3 Å². The number of amides is 2. The number of thiocarbonyl (C=S) groups is 1. The van der Waals surface area contributed by atoms with Crippen molar-refractivity contribution in [1.29, 1.82) is 0 Å². The molecule has 0 aromatic heterocycles. The lowest BCUT2D eigenvalue weighted by Gasteiger charge is -2.30. The summed E-state index contributed by atoms with van der Waals surface area (Å²) in [5.74, 6) is 0. The molecule has 0 saturated carbocycles. The number of carbonyl (C=O) groups excluding carboxylic acids is 1. The van der Waals surface area contributed by atoms with Crippen molar-refractivity contribution in [1.82, 2.24) is 21.3 Å². The highest BCUT2D eigenvalue weighted by molar-refractivity contribution is 7.80. The van der Waals surface area contributed by atoms with Gasteiger partial charge in [-0.15, -0.1) is 0 Å². The van der Waals surface area contributed by atoms with Crippen LogP contribution in [-0.4, -0.2) is 22.5 Å². The molecule has 2 heterocycles. The lowest BCUT2D eigenvalue weighted by Crippen LogP contribution is -2.62. The number of nitrogens with one attached hydrogen (secondary N) is 4. The number of rotatable bonds is 0. The van der Waals surface area contributed by atoms with Gasteiger partial charge in [-0.2, -0.15) is 0 Å². The number of urea groups is 1. The molecule has 0 spiro atoms. The summed E-state index contributed by atoms with van der Waals surface area (Å²) in [4.78, 5) is 11.0. The Kier molecular flexibility index (Phi) is 1.15. The summed E-state index contributed by atoms with van der Waals surface area (Å²) in [6.07, 6.45) is 0. The summed E-state index contributed by atoms with van der Waals surface area (Å²) in [6.45, 7) is 3.74. The van der Waals surface area contributed by atoms with E-state index < -0.39 is 11.3 Å². The van der Waals surface area contributed by atoms with Gasteiger partial charge in [0, 0.05) is 0 Å². The monoisotopic (exact) mass is 186 g/mol. The van der Waals surface area contributed by atoms with E-state index in [1.165, 1.54) is 0 Å². The van der Waals surface area contributed by atoms with Gasteiger partial charge in [0.2, 0.25) is 0 Å². The molecule has 12 heavy (non-hydrogen) atoms. The van der Waals surface area contributed by atoms with Gasteiger partial charge in [-0.05, 0) is 26.1 Å². The Bertz CT molecular complexity index is 233. The van der Waals surface area contributed by atoms with Crippen LogP contribution in [0, 0.1) is 0 Å². The molecule has 2 fully saturated rings. The zero-order chi connectivity index (χ0) is 8.98. The van der Waals surface area contributed by atoms with Gasteiger partial charge in [-0.25, -0.2) is 4.79 Å². The summed E-state index contributed by atoms with van der Waals surface area (Å²) in [6, 6.07) is -0.192. The predicted molar refractivity (Wildman–Crippen MR) is 47.3 cm³/mol. The van der Waals surface area contributed by atoms with Crippen LogP contribution in [-0.2, 0) is 0 Å². The standard InChI is InChI=1S/C6H10N4OS/c1-5-6(2,8-3(11)7-5)10-4(12)9-5/h1-2H3,(H2,7,8,11)(H2,9,10,12). The third-order valence-electron chi connectivity index (χ3n) is 2.45. The largest absolute Gasteiger partial charge is 0.337 e. The predicted octanol–water partition coefficient (Wildman–Crippen LogP) is -0.791. The molecule has 66 valence electrons. The Morgan fingerprint density at radius 3 is 1.92 bits per heavy atom. The van der Waals surface area contributed by atoms with Gasteiger partial charge in [0.15, 0.2) is 16.4 Å². The number of fused-ring (bicyclic) bond motifs is 1. The van der Waals surface area contributed by atoms with Crippen LogP contribution in [0.25, 0.3) is 0 Å². The Labute approximate surface area is 75.3 Å². The van der Waals surface area contributed by atoms with Crippen LogP contribution in [0.3, 0.4) is 0 Å². The highest BCUT2D eigenvalue weighted by Gasteiger charge is 2.57. The smallest absolute Gasteiger partial charge is 0.318 e. The fraction of sp³-hybridized carbons (Fsp3) is 0.667. The molecular weight excluding hydrogens is 176 g/mol. The molecular formula is C6H10N4OS. The van der Waals surface area contributed by atoms with Crippen LogP contribution in [0.5, 0.6) is 0 Å². The summed E-state index contributed by atoms with van der Waals surface area (Å²) in [5, 5.41) is 12.0. The van der Waals surface area contributed by atoms with Crippen molar-refractivity contribution in [3.8, 4) is 0 Å². The second-order valence-electron chi connectivity index (χ2n) is 3.41. The first-order valence-corrected chi connectivity index (χ1v) is 4.07. The molecule has 0 bridgehead atoms. The van der Waals surface area contributed by atoms with Crippen LogP contribution in [0.1, 0.15) is 13.8 Å². The molecule has 0 aliphatic carbocycles. The summed E-state index contributed by atoms with van der Waals surface area (Å²) in [5.41, 5.74) is -1.05. The van der Waals surface area contributed by atoms with Crippen molar-refractivity contribution >= 4 is 23.4 Å². The minimum atomic E-state index is -0.527. The van der Waals surface area contributed by atoms with E-state index in [1.54, 1.807) is 0 Å². The van der Waals surface area contributed by atoms with Gasteiger partial charge in [0.05, 0.1) is 0 Å². The zero-order valence-corrected chi connectivity index (χ0v) is 7.63. The molecule has 6 heteroatoms. The number of hydrogen-bond donors (Lipinski definition) is 4. The molecule has 2 aliphatic rings. The Hall–Kier alpha value is -1.04. The Morgan fingerprint density at radius 2 is 1.50 bits per heavy atom. The molecule has 2 rings (SSSR count). The zero-order valence-electron chi connectivity index (χ0n) is 6.82. The lowest BCUT2D eigenvalue weighted by molar-refractivity contribution is 0.244. The van der Waals surface area contributed by atoms with Gasteiger partial charge in [-0.1, -0.05) is 0 Å². The van der Waals surface area contributed by atoms with Crippen LogP contribution in [0.15, 0.2) is 0 Å². The van der Waals surface area contributed by atoms with Crippen molar-refractivity contribution < 1.29 is 4.79 Å². The van der Waals surface area contributed by atoms with Gasteiger partial charge < -0.3 is 21.3 Å². The molecule has 2 unspecified atom stereocenters. The normalized spacial score (nSPS) is 44.2. The molecule has 2 amide bonds. The third-order valence-corrected chi connectivity index (χ3v) is 2.66. The van der Waals surface area contributed by atoms with Gasteiger partial charge in [-0.3, -0.25) is 0 Å². The first-order chi connectivity index (χ1) is 5.45. The van der Waals surface area contributed by atoms with E-state index in [0.29, 0.717) is 5.11 Å². The second-order valence-corrected chi connectivity index (χ2v) is 3.82. The van der Waals surface area contributed by atoms with Crippen LogP contribution < -0.4 is 21.3 Å². The highest BCUT2D eigenvalue weighted by Crippen LogP contribution is 2.25. The molecule has 0 radical (unpaired) electrons. The van der Waals surface area contributed by atoms with Gasteiger partial charge in [0.1, 0.15) is 0 Å². The maximum atomic E-state index is 11.0. The van der Waals surface area contributed by atoms with Crippen molar-refractivity contribution in [2.24, 2.45) is 0 Å². The molecule has 2 atom stereocenters. The van der Waals surface area contributed by atoms with Gasteiger partial charge in [0.25, 0.3) is 0 Å². The summed E-state index contributed by atoms with van der Waals surface area (Å²) < 4.78 is 0. The third kappa shape index (κ3) is 0.726. The quantitative estimate of drug-likeness (QED) is 0.374. The van der Waals surface area contributed by atoms with Crippen LogP contribution >= 0.6 is 12.2 Å². The summed E-state index contributed by atoms with van der Waals surface area (Å²) >= 11 is 4.94. The summed E-state index contributed by atoms with van der Waals surface area (Å²) in [7, 11) is 0. The fourth-order valence-corrected chi connectivity index (χ4v) is 1.94. The van der Waals surface area contributed by atoms with Crippen LogP contribution in [0.2, 0.25) is 0 Å². The highest BCUT2D eigenvalue weighted by atomic mass is 32.1. The van der Waals surface area contributed by atoms with Crippen molar-refractivity contribution in [2.75, 3.05) is 0 Å². The SMILES string of the molecule is CC12NC(=O)NC1(C)NC(=S)N2. The fourth-order valence-electron chi connectivity index (χ4n) is 1.53. The molecule has 4 N–H and O–H groups in total. The average Bonchev–Trinajstić information content (AvgIpc) is 2.09. The molecule has 2 aliphatic heterocycles. The van der Waals surface area contributed by atoms with E-state index >= 15 is 0 Å². The lowest BCUT2D eigenvalue weighted by atomic mass is 10.0. The van der Waals surface area contributed by atoms with Crippen molar-refractivity contribution in [2.45, 2.75) is 25.2 Å². The maximum Gasteiger partial charge on any atom is 0.318 e. The number of hydrogen-bond acceptors (Lipinski definition) is 2. The topological polar surface area (TPSA) is 65.2 Å². The van der Waals surface area contributed by atoms with Crippen molar-refractivity contribution in [3.63, 3.8) is 0 Å². The Balaban J connectivity index is 2.38.